The number of nitrogens with two attached hydrogens (primary N) is 1. The fourth-order valence-electron chi connectivity index (χ4n) is 2.31. The van der Waals surface area contributed by atoms with Crippen LogP contribution in [-0.4, -0.2) is 24.3 Å². The Morgan fingerprint density at radius 3 is 2.56 bits per heavy atom. The van der Waals surface area contributed by atoms with Crippen molar-refractivity contribution in [2.45, 2.75) is 18.9 Å². The monoisotopic (exact) mass is 271 g/mol. The zero-order chi connectivity index (χ0) is 12.3. The summed E-state index contributed by atoms with van der Waals surface area (Å²) < 4.78 is 5.29. The number of hydrogen-bond acceptors (Lipinski definition) is 3. The molecule has 0 aliphatic carbocycles. The van der Waals surface area contributed by atoms with Crippen LogP contribution in [0.3, 0.4) is 0 Å². The number of ether oxygens (including phenoxy) is 1. The van der Waals surface area contributed by atoms with E-state index >= 15 is 0 Å². The number of carboxylic acid groups (broad SMARTS) is 1. The molecule has 0 amide bonds. The molecule has 1 aliphatic rings. The molecular weight excluding hydrogens is 254 g/mol. The van der Waals surface area contributed by atoms with E-state index in [4.69, 9.17) is 15.6 Å². The van der Waals surface area contributed by atoms with E-state index in [0.29, 0.717) is 24.7 Å². The lowest BCUT2D eigenvalue weighted by molar-refractivity contribution is 0.0578. The lowest BCUT2D eigenvalue weighted by Crippen LogP contribution is -2.28. The van der Waals surface area contributed by atoms with Gasteiger partial charge in [-0.2, -0.15) is 0 Å². The van der Waals surface area contributed by atoms with Gasteiger partial charge in [-0.05, 0) is 30.4 Å². The Bertz CT molecular complexity index is 405. The van der Waals surface area contributed by atoms with Gasteiger partial charge in [0.25, 0.3) is 0 Å². The standard InChI is InChI=1S/C13H17NO3.ClH/c14-12(9-5-7-17-8-6-9)10-3-1-2-4-11(10)13(15)16;/h1-4,9,12H,5-8,14H2,(H,15,16);1H/t12-;/m0./s1. The first-order valence-corrected chi connectivity index (χ1v) is 5.85. The highest BCUT2D eigenvalue weighted by atomic mass is 35.5. The minimum atomic E-state index is -0.914. The maximum atomic E-state index is 11.1. The van der Waals surface area contributed by atoms with Crippen LogP contribution in [0.1, 0.15) is 34.8 Å². The van der Waals surface area contributed by atoms with Crippen molar-refractivity contribution in [3.63, 3.8) is 0 Å². The summed E-state index contributed by atoms with van der Waals surface area (Å²) in [5.74, 6) is -0.604. The summed E-state index contributed by atoms with van der Waals surface area (Å²) in [5.41, 5.74) is 7.23. The lowest BCUT2D eigenvalue weighted by Gasteiger charge is -2.28. The van der Waals surface area contributed by atoms with Crippen LogP contribution in [-0.2, 0) is 4.74 Å². The Kier molecular flexibility index (Phi) is 5.59. The van der Waals surface area contributed by atoms with E-state index in [2.05, 4.69) is 0 Å². The fourth-order valence-corrected chi connectivity index (χ4v) is 2.31. The Labute approximate surface area is 113 Å². The molecule has 1 aromatic carbocycles. The van der Waals surface area contributed by atoms with E-state index in [9.17, 15) is 4.79 Å². The first kappa shape index (κ1) is 15.0. The van der Waals surface area contributed by atoms with Crippen molar-refractivity contribution in [1.82, 2.24) is 0 Å². The predicted molar refractivity (Wildman–Crippen MR) is 71.1 cm³/mol. The first-order chi connectivity index (χ1) is 8.20. The lowest BCUT2D eigenvalue weighted by atomic mass is 9.86. The van der Waals surface area contributed by atoms with Crippen molar-refractivity contribution in [2.75, 3.05) is 13.2 Å². The Hall–Kier alpha value is -1.10. The summed E-state index contributed by atoms with van der Waals surface area (Å²) in [6.45, 7) is 1.43. The summed E-state index contributed by atoms with van der Waals surface area (Å²) in [6, 6.07) is 6.76. The van der Waals surface area contributed by atoms with Crippen molar-refractivity contribution in [3.8, 4) is 0 Å². The van der Waals surface area contributed by atoms with E-state index in [0.717, 1.165) is 18.4 Å². The quantitative estimate of drug-likeness (QED) is 0.884. The van der Waals surface area contributed by atoms with Gasteiger partial charge < -0.3 is 15.6 Å². The van der Waals surface area contributed by atoms with E-state index in [-0.39, 0.29) is 18.4 Å². The summed E-state index contributed by atoms with van der Waals surface area (Å²) in [4.78, 5) is 11.1. The third-order valence-electron chi connectivity index (χ3n) is 3.32. The largest absolute Gasteiger partial charge is 0.478 e. The van der Waals surface area contributed by atoms with Crippen LogP contribution in [0, 0.1) is 5.92 Å². The van der Waals surface area contributed by atoms with Gasteiger partial charge in [-0.3, -0.25) is 0 Å². The highest BCUT2D eigenvalue weighted by molar-refractivity contribution is 5.89. The average molecular weight is 272 g/mol. The van der Waals surface area contributed by atoms with Crippen LogP contribution in [0.2, 0.25) is 0 Å². The molecule has 1 aromatic rings. The molecule has 5 heteroatoms. The summed E-state index contributed by atoms with van der Waals surface area (Å²) in [7, 11) is 0. The van der Waals surface area contributed by atoms with Crippen LogP contribution in [0.5, 0.6) is 0 Å². The summed E-state index contributed by atoms with van der Waals surface area (Å²) in [5, 5.41) is 9.13. The molecule has 1 aliphatic heterocycles. The molecule has 1 fully saturated rings. The van der Waals surface area contributed by atoms with Gasteiger partial charge in [0.05, 0.1) is 5.56 Å². The van der Waals surface area contributed by atoms with Gasteiger partial charge in [-0.15, -0.1) is 12.4 Å². The molecule has 100 valence electrons. The fraction of sp³-hybridized carbons (Fsp3) is 0.462. The van der Waals surface area contributed by atoms with Crippen molar-refractivity contribution < 1.29 is 14.6 Å². The maximum Gasteiger partial charge on any atom is 0.336 e. The molecule has 0 saturated carbocycles. The molecule has 0 radical (unpaired) electrons. The van der Waals surface area contributed by atoms with Gasteiger partial charge in [0.15, 0.2) is 0 Å². The highest BCUT2D eigenvalue weighted by Crippen LogP contribution is 2.29. The molecule has 1 heterocycles. The number of carbonyl (C=O) groups is 1. The molecule has 4 nitrogen and oxygen atoms in total. The molecule has 0 bridgehead atoms. The van der Waals surface area contributed by atoms with Crippen LogP contribution in [0.4, 0.5) is 0 Å². The van der Waals surface area contributed by atoms with Gasteiger partial charge in [0.1, 0.15) is 0 Å². The molecule has 2 rings (SSSR count). The van der Waals surface area contributed by atoms with Crippen molar-refractivity contribution >= 4 is 18.4 Å². The normalized spacial score (nSPS) is 17.8. The molecule has 3 N–H and O–H groups in total. The van der Waals surface area contributed by atoms with E-state index in [1.54, 1.807) is 12.1 Å². The van der Waals surface area contributed by atoms with Gasteiger partial charge >= 0.3 is 5.97 Å². The SMILES string of the molecule is Cl.N[C@H](c1ccccc1C(=O)O)C1CCOCC1. The average Bonchev–Trinajstić information content (AvgIpc) is 2.39. The van der Waals surface area contributed by atoms with Gasteiger partial charge in [-0.25, -0.2) is 4.79 Å². The second-order valence-corrected chi connectivity index (χ2v) is 4.37. The van der Waals surface area contributed by atoms with Crippen LogP contribution < -0.4 is 5.73 Å². The number of aromatic carboxylic acids is 1. The van der Waals surface area contributed by atoms with E-state index in [1.165, 1.54) is 0 Å². The number of hydrogen-bond donors (Lipinski definition) is 2. The van der Waals surface area contributed by atoms with E-state index < -0.39 is 5.97 Å². The maximum absolute atomic E-state index is 11.1. The van der Waals surface area contributed by atoms with E-state index in [1.807, 2.05) is 12.1 Å². The molecule has 1 atom stereocenters. The molecule has 0 aromatic heterocycles. The Morgan fingerprint density at radius 2 is 1.94 bits per heavy atom. The Morgan fingerprint density at radius 1 is 1.33 bits per heavy atom. The van der Waals surface area contributed by atoms with Crippen LogP contribution in [0.15, 0.2) is 24.3 Å². The zero-order valence-corrected chi connectivity index (χ0v) is 10.9. The van der Waals surface area contributed by atoms with Crippen molar-refractivity contribution in [2.24, 2.45) is 11.7 Å². The number of halogens is 1. The third-order valence-corrected chi connectivity index (χ3v) is 3.32. The smallest absolute Gasteiger partial charge is 0.336 e. The number of carboxylic acids is 1. The van der Waals surface area contributed by atoms with Gasteiger partial charge in [0, 0.05) is 19.3 Å². The topological polar surface area (TPSA) is 72.6 Å². The van der Waals surface area contributed by atoms with Crippen LogP contribution >= 0.6 is 12.4 Å². The van der Waals surface area contributed by atoms with Gasteiger partial charge in [0.2, 0.25) is 0 Å². The Balaban J connectivity index is 0.00000162. The molecule has 1 saturated heterocycles. The van der Waals surface area contributed by atoms with Crippen LogP contribution in [0.25, 0.3) is 0 Å². The zero-order valence-electron chi connectivity index (χ0n) is 10.0. The molecular formula is C13H18ClNO3. The number of rotatable bonds is 3. The van der Waals surface area contributed by atoms with Gasteiger partial charge in [-0.1, -0.05) is 18.2 Å². The van der Waals surface area contributed by atoms with Crippen molar-refractivity contribution in [3.05, 3.63) is 35.4 Å². The highest BCUT2D eigenvalue weighted by Gasteiger charge is 2.25. The minimum Gasteiger partial charge on any atom is -0.478 e. The second-order valence-electron chi connectivity index (χ2n) is 4.37. The molecule has 18 heavy (non-hydrogen) atoms. The summed E-state index contributed by atoms with van der Waals surface area (Å²) >= 11 is 0. The first-order valence-electron chi connectivity index (χ1n) is 5.85. The second kappa shape index (κ2) is 6.73. The predicted octanol–water partition coefficient (Wildman–Crippen LogP) is 2.23. The molecule has 0 unspecified atom stereocenters. The third kappa shape index (κ3) is 3.22. The molecule has 0 spiro atoms. The minimum absolute atomic E-state index is 0. The number of benzene rings is 1. The van der Waals surface area contributed by atoms with Crippen molar-refractivity contribution in [1.29, 1.82) is 0 Å². The summed E-state index contributed by atoms with van der Waals surface area (Å²) in [6.07, 6.45) is 1.80.